The van der Waals surface area contributed by atoms with Crippen molar-refractivity contribution in [1.82, 2.24) is 0 Å². The summed E-state index contributed by atoms with van der Waals surface area (Å²) in [6, 6.07) is 0. The van der Waals surface area contributed by atoms with Crippen molar-refractivity contribution in [3.05, 3.63) is 21.7 Å². The molecular weight excluding hydrogens is 280 g/mol. The maximum Gasteiger partial charge on any atom is 0.350 e. The molecule has 1 heterocycles. The predicted octanol–water partition coefficient (Wildman–Crippen LogP) is 1.37. The molecule has 0 bridgehead atoms. The van der Waals surface area contributed by atoms with Gasteiger partial charge in [-0.25, -0.2) is 14.4 Å². The van der Waals surface area contributed by atoms with Gasteiger partial charge in [0.1, 0.15) is 16.7 Å². The molecule has 0 atom stereocenters. The van der Waals surface area contributed by atoms with Crippen LogP contribution in [0.3, 0.4) is 0 Å². The van der Waals surface area contributed by atoms with E-state index >= 15 is 0 Å². The summed E-state index contributed by atoms with van der Waals surface area (Å²) in [5.74, 6) is -3.98. The van der Waals surface area contributed by atoms with E-state index in [4.69, 9.17) is 26.2 Å². The molecule has 0 spiro atoms. The Morgan fingerprint density at radius 2 is 1.63 bits per heavy atom. The molecule has 2 rings (SSSR count). The fourth-order valence-electron chi connectivity index (χ4n) is 1.84. The summed E-state index contributed by atoms with van der Waals surface area (Å²) < 4.78 is 14.2. The van der Waals surface area contributed by atoms with Gasteiger partial charge in [0.2, 0.25) is 0 Å². The van der Waals surface area contributed by atoms with E-state index in [1.807, 2.05) is 0 Å². The highest BCUT2D eigenvalue weighted by molar-refractivity contribution is 6.38. The zero-order valence-corrected chi connectivity index (χ0v) is 10.5. The van der Waals surface area contributed by atoms with E-state index in [2.05, 4.69) is 4.74 Å². The quantitative estimate of drug-likeness (QED) is 0.661. The van der Waals surface area contributed by atoms with Gasteiger partial charge in [-0.05, 0) is 0 Å². The molecule has 1 N–H and O–H groups in total. The van der Waals surface area contributed by atoms with Gasteiger partial charge < -0.3 is 19.3 Å². The molecule has 8 heteroatoms. The van der Waals surface area contributed by atoms with Crippen LogP contribution in [0.15, 0.2) is 0 Å². The first-order valence-corrected chi connectivity index (χ1v) is 5.29. The average Bonchev–Trinajstić information content (AvgIpc) is 2.64. The van der Waals surface area contributed by atoms with Crippen LogP contribution in [0.2, 0.25) is 5.02 Å². The number of cyclic esters (lactones) is 2. The number of benzene rings is 1. The van der Waals surface area contributed by atoms with E-state index in [1.54, 1.807) is 0 Å². The molecule has 0 aliphatic carbocycles. The number of carboxylic acid groups (broad SMARTS) is 1. The van der Waals surface area contributed by atoms with Gasteiger partial charge in [0, 0.05) is 0 Å². The van der Waals surface area contributed by atoms with Gasteiger partial charge in [-0.3, -0.25) is 0 Å². The molecule has 1 aromatic rings. The van der Waals surface area contributed by atoms with Gasteiger partial charge in [0.25, 0.3) is 0 Å². The zero-order chi connectivity index (χ0) is 14.3. The molecule has 0 saturated heterocycles. The lowest BCUT2D eigenvalue weighted by molar-refractivity contribution is 0.0442. The van der Waals surface area contributed by atoms with Crippen LogP contribution in [0, 0.1) is 0 Å². The average molecular weight is 287 g/mol. The highest BCUT2D eigenvalue weighted by Gasteiger charge is 2.41. The number of carbonyl (C=O) groups is 3. The predicted molar refractivity (Wildman–Crippen MR) is 61.3 cm³/mol. The second-order valence-corrected chi connectivity index (χ2v) is 3.87. The van der Waals surface area contributed by atoms with Crippen LogP contribution in [0.5, 0.6) is 11.5 Å². The molecule has 0 unspecified atom stereocenters. The van der Waals surface area contributed by atoms with Crippen LogP contribution in [0.4, 0.5) is 0 Å². The standard InChI is InChI=1S/C11H7ClO7/c1-17-7-4-3(10(15)19-11(4)16)6(12)8(18-2)5(7)9(13)14/h1-2H3,(H,13,14). The Morgan fingerprint density at radius 1 is 1.11 bits per heavy atom. The van der Waals surface area contributed by atoms with E-state index in [9.17, 15) is 14.4 Å². The van der Waals surface area contributed by atoms with Crippen LogP contribution in [0.1, 0.15) is 31.1 Å². The molecular formula is C11H7ClO7. The van der Waals surface area contributed by atoms with Crippen LogP contribution in [-0.4, -0.2) is 37.2 Å². The SMILES string of the molecule is COc1c(Cl)c2c(c(OC)c1C(=O)O)C(=O)OC2=O. The van der Waals surface area contributed by atoms with Crippen molar-refractivity contribution in [2.45, 2.75) is 0 Å². The van der Waals surface area contributed by atoms with Crippen molar-refractivity contribution < 1.29 is 33.7 Å². The number of aromatic carboxylic acids is 1. The van der Waals surface area contributed by atoms with Crippen LogP contribution in [0.25, 0.3) is 0 Å². The molecule has 0 aromatic heterocycles. The Bertz CT molecular complexity index is 620. The second-order valence-electron chi connectivity index (χ2n) is 3.49. The Kier molecular flexibility index (Phi) is 3.07. The molecule has 1 aliphatic rings. The maximum absolute atomic E-state index is 11.6. The van der Waals surface area contributed by atoms with Gasteiger partial charge in [-0.15, -0.1) is 0 Å². The lowest BCUT2D eigenvalue weighted by Crippen LogP contribution is -2.09. The van der Waals surface area contributed by atoms with Gasteiger partial charge in [0.05, 0.1) is 19.2 Å². The van der Waals surface area contributed by atoms with Gasteiger partial charge >= 0.3 is 17.9 Å². The molecule has 7 nitrogen and oxygen atoms in total. The first-order valence-electron chi connectivity index (χ1n) is 4.91. The molecule has 0 saturated carbocycles. The van der Waals surface area contributed by atoms with Crippen molar-refractivity contribution >= 4 is 29.5 Å². The fourth-order valence-corrected chi connectivity index (χ4v) is 2.18. The van der Waals surface area contributed by atoms with E-state index in [1.165, 1.54) is 7.11 Å². The monoisotopic (exact) mass is 286 g/mol. The number of esters is 2. The van der Waals surface area contributed by atoms with Crippen LogP contribution in [-0.2, 0) is 4.74 Å². The molecule has 0 radical (unpaired) electrons. The van der Waals surface area contributed by atoms with E-state index in [-0.39, 0.29) is 27.6 Å². The number of methoxy groups -OCH3 is 2. The van der Waals surface area contributed by atoms with Crippen molar-refractivity contribution in [2.24, 2.45) is 0 Å². The molecule has 100 valence electrons. The third kappa shape index (κ3) is 1.70. The zero-order valence-electron chi connectivity index (χ0n) is 9.77. The van der Waals surface area contributed by atoms with E-state index < -0.39 is 23.5 Å². The Morgan fingerprint density at radius 3 is 2.11 bits per heavy atom. The minimum absolute atomic E-state index is 0.259. The summed E-state index contributed by atoms with van der Waals surface area (Å²) in [7, 11) is 2.34. The Balaban J connectivity index is 2.96. The molecule has 1 aromatic carbocycles. The Hall–Kier alpha value is -2.28. The number of carboxylic acids is 1. The summed E-state index contributed by atoms with van der Waals surface area (Å²) in [5.41, 5.74) is -1.01. The van der Waals surface area contributed by atoms with Crippen molar-refractivity contribution in [3.63, 3.8) is 0 Å². The second kappa shape index (κ2) is 4.43. The number of fused-ring (bicyclic) bond motifs is 1. The Labute approximate surface area is 111 Å². The van der Waals surface area contributed by atoms with Crippen LogP contribution >= 0.6 is 11.6 Å². The minimum Gasteiger partial charge on any atom is -0.495 e. The summed E-state index contributed by atoms with van der Waals surface area (Å²) in [6.07, 6.45) is 0. The normalized spacial score (nSPS) is 13.0. The number of carbonyl (C=O) groups excluding carboxylic acids is 2. The lowest BCUT2D eigenvalue weighted by atomic mass is 10.0. The van der Waals surface area contributed by atoms with Gasteiger partial charge in [-0.1, -0.05) is 11.6 Å². The minimum atomic E-state index is -1.41. The summed E-state index contributed by atoms with van der Waals surface area (Å²) in [5, 5.41) is 8.86. The highest BCUT2D eigenvalue weighted by Crippen LogP contribution is 2.44. The first kappa shape index (κ1) is 13.2. The first-order chi connectivity index (χ1) is 8.93. The van der Waals surface area contributed by atoms with E-state index in [0.29, 0.717) is 0 Å². The summed E-state index contributed by atoms with van der Waals surface area (Å²) in [4.78, 5) is 34.3. The lowest BCUT2D eigenvalue weighted by Gasteiger charge is -2.13. The number of halogens is 1. The maximum atomic E-state index is 11.6. The van der Waals surface area contributed by atoms with Crippen LogP contribution < -0.4 is 9.47 Å². The largest absolute Gasteiger partial charge is 0.495 e. The van der Waals surface area contributed by atoms with Crippen molar-refractivity contribution in [3.8, 4) is 11.5 Å². The number of hydrogen-bond donors (Lipinski definition) is 1. The third-order valence-electron chi connectivity index (χ3n) is 2.57. The van der Waals surface area contributed by atoms with E-state index in [0.717, 1.165) is 7.11 Å². The molecule has 0 fully saturated rings. The molecule has 1 aliphatic heterocycles. The molecule has 19 heavy (non-hydrogen) atoms. The van der Waals surface area contributed by atoms with Gasteiger partial charge in [-0.2, -0.15) is 0 Å². The third-order valence-corrected chi connectivity index (χ3v) is 2.93. The van der Waals surface area contributed by atoms with Gasteiger partial charge in [0.15, 0.2) is 11.5 Å². The smallest absolute Gasteiger partial charge is 0.350 e. The fraction of sp³-hybridized carbons (Fsp3) is 0.182. The number of rotatable bonds is 3. The summed E-state index contributed by atoms with van der Waals surface area (Å²) >= 11 is 5.90. The number of ether oxygens (including phenoxy) is 3. The number of hydrogen-bond acceptors (Lipinski definition) is 6. The van der Waals surface area contributed by atoms with Crippen molar-refractivity contribution in [2.75, 3.05) is 14.2 Å². The molecule has 0 amide bonds. The topological polar surface area (TPSA) is 99.1 Å². The highest BCUT2D eigenvalue weighted by atomic mass is 35.5. The summed E-state index contributed by atoms with van der Waals surface area (Å²) in [6.45, 7) is 0. The van der Waals surface area contributed by atoms with Crippen molar-refractivity contribution in [1.29, 1.82) is 0 Å².